The largest absolute Gasteiger partial charge is 0.508 e. The Hall–Kier alpha value is -3.19. The maximum absolute atomic E-state index is 13.1. The zero-order valence-corrected chi connectivity index (χ0v) is 19.5. The van der Waals surface area contributed by atoms with Crippen molar-refractivity contribution < 1.29 is 34.7 Å². The molecule has 7 nitrogen and oxygen atoms in total. The molecule has 0 spiro atoms. The summed E-state index contributed by atoms with van der Waals surface area (Å²) in [5, 5.41) is 40.9. The third-order valence-corrected chi connectivity index (χ3v) is 6.07. The predicted molar refractivity (Wildman–Crippen MR) is 124 cm³/mol. The average Bonchev–Trinajstić information content (AvgIpc) is 2.70. The fourth-order valence-corrected chi connectivity index (χ4v) is 4.14. The minimum atomic E-state index is -0.844. The molecule has 0 amide bonds. The number of hydrogen-bond donors (Lipinski definition) is 4. The molecule has 33 heavy (non-hydrogen) atoms. The number of methoxy groups -OCH3 is 1. The molecule has 0 fully saturated rings. The number of ketones is 1. The zero-order chi connectivity index (χ0) is 24.5. The van der Waals surface area contributed by atoms with Crippen LogP contribution in [0.3, 0.4) is 0 Å². The topological polar surface area (TPSA) is 116 Å². The Morgan fingerprint density at radius 2 is 1.94 bits per heavy atom. The van der Waals surface area contributed by atoms with Crippen LogP contribution in [-0.2, 0) is 6.42 Å². The molecule has 7 heteroatoms. The van der Waals surface area contributed by atoms with E-state index in [4.69, 9.17) is 9.47 Å². The molecule has 0 saturated carbocycles. The lowest BCUT2D eigenvalue weighted by Crippen LogP contribution is -2.24. The molecule has 1 aliphatic heterocycles. The highest BCUT2D eigenvalue weighted by atomic mass is 16.5. The molecular formula is C26H32O7. The summed E-state index contributed by atoms with van der Waals surface area (Å²) in [6.45, 7) is 9.45. The van der Waals surface area contributed by atoms with E-state index in [1.165, 1.54) is 31.4 Å². The molecule has 2 atom stereocenters. The second-order valence-electron chi connectivity index (χ2n) is 9.36. The van der Waals surface area contributed by atoms with Crippen molar-refractivity contribution in [2.24, 2.45) is 5.92 Å². The van der Waals surface area contributed by atoms with E-state index >= 15 is 0 Å². The maximum Gasteiger partial charge on any atom is 0.174 e. The minimum absolute atomic E-state index is 0.0332. The lowest BCUT2D eigenvalue weighted by Gasteiger charge is -2.30. The van der Waals surface area contributed by atoms with E-state index in [1.807, 2.05) is 6.92 Å². The molecule has 1 heterocycles. The second-order valence-corrected chi connectivity index (χ2v) is 9.36. The van der Waals surface area contributed by atoms with E-state index in [1.54, 1.807) is 13.8 Å². The SMILES string of the molecule is C=C(C)[C@@H](CCC(C)(C)O)Cc1c(O)cc(OC)c2c1O[C@@H](c1ccc(O)cc1O)CC2=O. The van der Waals surface area contributed by atoms with Crippen LogP contribution in [0.25, 0.3) is 0 Å². The van der Waals surface area contributed by atoms with Gasteiger partial charge in [0, 0.05) is 23.3 Å². The molecule has 2 aromatic rings. The monoisotopic (exact) mass is 456 g/mol. The normalized spacial score (nSPS) is 16.6. The molecule has 178 valence electrons. The Bertz CT molecular complexity index is 1070. The van der Waals surface area contributed by atoms with E-state index in [0.717, 1.165) is 5.57 Å². The number of rotatable bonds is 8. The number of allylic oxidation sites excluding steroid dienone is 1. The number of hydrogen-bond acceptors (Lipinski definition) is 7. The molecule has 3 rings (SSSR count). The van der Waals surface area contributed by atoms with Crippen LogP contribution < -0.4 is 9.47 Å². The quantitative estimate of drug-likeness (QED) is 0.421. The Morgan fingerprint density at radius 3 is 2.52 bits per heavy atom. The molecule has 0 aliphatic carbocycles. The predicted octanol–water partition coefficient (Wildman–Crippen LogP) is 4.80. The van der Waals surface area contributed by atoms with Crippen LogP contribution in [0.1, 0.15) is 67.6 Å². The van der Waals surface area contributed by atoms with Gasteiger partial charge in [0.15, 0.2) is 5.78 Å². The average molecular weight is 457 g/mol. The van der Waals surface area contributed by atoms with Gasteiger partial charge in [0.25, 0.3) is 0 Å². The van der Waals surface area contributed by atoms with Gasteiger partial charge in [0.2, 0.25) is 0 Å². The number of benzene rings is 2. The third-order valence-electron chi connectivity index (χ3n) is 6.07. The molecule has 2 aromatic carbocycles. The van der Waals surface area contributed by atoms with Crippen LogP contribution in [0.2, 0.25) is 0 Å². The van der Waals surface area contributed by atoms with Crippen molar-refractivity contribution >= 4 is 5.78 Å². The number of Topliss-reactive ketones (excluding diaryl/α,β-unsaturated/α-hetero) is 1. The summed E-state index contributed by atoms with van der Waals surface area (Å²) in [4.78, 5) is 13.1. The van der Waals surface area contributed by atoms with Crippen LogP contribution in [0.5, 0.6) is 28.7 Å². The van der Waals surface area contributed by atoms with Crippen molar-refractivity contribution in [3.8, 4) is 28.7 Å². The Balaban J connectivity index is 2.05. The highest BCUT2D eigenvalue weighted by Crippen LogP contribution is 2.48. The highest BCUT2D eigenvalue weighted by Gasteiger charge is 2.36. The van der Waals surface area contributed by atoms with Crippen LogP contribution in [0.4, 0.5) is 0 Å². The summed E-state index contributed by atoms with van der Waals surface area (Å²) in [5.41, 5.74) is 1.11. The van der Waals surface area contributed by atoms with Gasteiger partial charge in [-0.2, -0.15) is 0 Å². The van der Waals surface area contributed by atoms with E-state index in [-0.39, 0.29) is 52.4 Å². The number of aromatic hydroxyl groups is 3. The van der Waals surface area contributed by atoms with Crippen molar-refractivity contribution in [1.82, 2.24) is 0 Å². The Morgan fingerprint density at radius 1 is 1.24 bits per heavy atom. The maximum atomic E-state index is 13.1. The van der Waals surface area contributed by atoms with E-state index in [2.05, 4.69) is 6.58 Å². The summed E-state index contributed by atoms with van der Waals surface area (Å²) in [6, 6.07) is 5.53. The summed E-state index contributed by atoms with van der Waals surface area (Å²) in [7, 11) is 1.42. The number of aliphatic hydroxyl groups is 1. The fourth-order valence-electron chi connectivity index (χ4n) is 4.14. The van der Waals surface area contributed by atoms with Crippen LogP contribution in [0, 0.1) is 5.92 Å². The van der Waals surface area contributed by atoms with E-state index in [9.17, 15) is 25.2 Å². The second kappa shape index (κ2) is 9.35. The van der Waals surface area contributed by atoms with Gasteiger partial charge in [-0.25, -0.2) is 0 Å². The van der Waals surface area contributed by atoms with Gasteiger partial charge in [0.05, 0.1) is 19.1 Å². The molecule has 0 saturated heterocycles. The molecule has 1 aliphatic rings. The van der Waals surface area contributed by atoms with Crippen LogP contribution in [-0.4, -0.2) is 38.9 Å². The van der Waals surface area contributed by atoms with Crippen molar-refractivity contribution in [2.45, 2.75) is 58.2 Å². The number of carbonyl (C=O) groups excluding carboxylic acids is 1. The van der Waals surface area contributed by atoms with Gasteiger partial charge < -0.3 is 29.9 Å². The zero-order valence-electron chi connectivity index (χ0n) is 19.5. The number of phenolic OH excluding ortho intramolecular Hbond substituents is 3. The smallest absolute Gasteiger partial charge is 0.174 e. The van der Waals surface area contributed by atoms with Gasteiger partial charge in [-0.1, -0.05) is 12.2 Å². The van der Waals surface area contributed by atoms with Crippen molar-refractivity contribution in [2.75, 3.05) is 7.11 Å². The molecule has 0 bridgehead atoms. The van der Waals surface area contributed by atoms with E-state index in [0.29, 0.717) is 30.4 Å². The van der Waals surface area contributed by atoms with Gasteiger partial charge >= 0.3 is 0 Å². The molecule has 0 aromatic heterocycles. The van der Waals surface area contributed by atoms with Crippen LogP contribution >= 0.6 is 0 Å². The Labute approximate surface area is 193 Å². The Kier molecular flexibility index (Phi) is 6.93. The summed E-state index contributed by atoms with van der Waals surface area (Å²) in [5.74, 6) is -0.229. The van der Waals surface area contributed by atoms with Gasteiger partial charge in [-0.05, 0) is 58.1 Å². The van der Waals surface area contributed by atoms with Gasteiger partial charge in [0.1, 0.15) is 40.4 Å². The molecule has 0 radical (unpaired) electrons. The number of phenols is 3. The first-order valence-electron chi connectivity index (χ1n) is 10.9. The third kappa shape index (κ3) is 5.42. The first-order chi connectivity index (χ1) is 15.4. The molecule has 4 N–H and O–H groups in total. The first-order valence-corrected chi connectivity index (χ1v) is 10.9. The lowest BCUT2D eigenvalue weighted by atomic mass is 9.84. The standard InChI is InChI=1S/C26H32O7/c1-14(2)15(8-9-26(3,4)31)10-18-20(29)12-23(32-5)24-21(30)13-22(33-25(18)24)17-7-6-16(27)11-19(17)28/h6-7,11-12,15,22,27-29,31H,1,8-10,13H2,2-5H3/t15-,22+/m0/s1. The summed E-state index contributed by atoms with van der Waals surface area (Å²) >= 11 is 0. The van der Waals surface area contributed by atoms with Crippen molar-refractivity contribution in [3.05, 3.63) is 53.1 Å². The number of fused-ring (bicyclic) bond motifs is 1. The first kappa shape index (κ1) is 24.5. The molecule has 0 unspecified atom stereocenters. The minimum Gasteiger partial charge on any atom is -0.508 e. The lowest BCUT2D eigenvalue weighted by molar-refractivity contribution is 0.0650. The molecular weight excluding hydrogens is 424 g/mol. The number of carbonyl (C=O) groups is 1. The summed E-state index contributed by atoms with van der Waals surface area (Å²) < 4.78 is 11.6. The number of ether oxygens (including phenoxy) is 2. The van der Waals surface area contributed by atoms with E-state index < -0.39 is 11.7 Å². The van der Waals surface area contributed by atoms with Crippen molar-refractivity contribution in [1.29, 1.82) is 0 Å². The van der Waals surface area contributed by atoms with Gasteiger partial charge in [-0.15, -0.1) is 0 Å². The highest BCUT2D eigenvalue weighted by molar-refractivity contribution is 6.03. The van der Waals surface area contributed by atoms with Crippen LogP contribution in [0.15, 0.2) is 36.4 Å². The van der Waals surface area contributed by atoms with Gasteiger partial charge in [-0.3, -0.25) is 4.79 Å². The van der Waals surface area contributed by atoms with Crippen molar-refractivity contribution in [3.63, 3.8) is 0 Å². The summed E-state index contributed by atoms with van der Waals surface area (Å²) in [6.07, 6.45) is 0.693. The fraction of sp³-hybridized carbons (Fsp3) is 0.423.